The summed E-state index contributed by atoms with van der Waals surface area (Å²) in [6.45, 7) is 2.85. The molecule has 0 amide bonds. The van der Waals surface area contributed by atoms with E-state index >= 15 is 0 Å². The minimum absolute atomic E-state index is 0.0508. The van der Waals surface area contributed by atoms with Crippen molar-refractivity contribution in [3.8, 4) is 0 Å². The SMILES string of the molecule is COC(=O)c1ccc(C(C)N(C)Cc2ccc3ccccc3c2)o1. The number of fused-ring (bicyclic) bond motifs is 1. The van der Waals surface area contributed by atoms with Crippen LogP contribution in [-0.2, 0) is 11.3 Å². The molecule has 1 heterocycles. The standard InChI is InChI=1S/C20H21NO3/c1-14(18-10-11-19(24-18)20(22)23-3)21(2)13-15-8-9-16-6-4-5-7-17(16)12-15/h4-12,14H,13H2,1-3H3. The van der Waals surface area contributed by atoms with Crippen LogP contribution < -0.4 is 0 Å². The van der Waals surface area contributed by atoms with E-state index in [0.717, 1.165) is 12.3 Å². The molecule has 0 aliphatic carbocycles. The fraction of sp³-hybridized carbons (Fsp3) is 0.250. The molecule has 124 valence electrons. The van der Waals surface area contributed by atoms with Gasteiger partial charge in [-0.1, -0.05) is 36.4 Å². The smallest absolute Gasteiger partial charge is 0.373 e. The summed E-state index contributed by atoms with van der Waals surface area (Å²) < 4.78 is 10.3. The molecule has 1 unspecified atom stereocenters. The summed E-state index contributed by atoms with van der Waals surface area (Å²) in [6.07, 6.45) is 0. The Morgan fingerprint density at radius 2 is 1.88 bits per heavy atom. The van der Waals surface area contributed by atoms with Gasteiger partial charge in [0.25, 0.3) is 0 Å². The highest BCUT2D eigenvalue weighted by atomic mass is 16.5. The Kier molecular flexibility index (Phi) is 4.67. The number of carbonyl (C=O) groups is 1. The van der Waals surface area contributed by atoms with Crippen molar-refractivity contribution in [1.29, 1.82) is 0 Å². The van der Waals surface area contributed by atoms with Crippen molar-refractivity contribution in [3.05, 3.63) is 71.7 Å². The fourth-order valence-electron chi connectivity index (χ4n) is 2.77. The molecule has 24 heavy (non-hydrogen) atoms. The molecule has 0 bridgehead atoms. The quantitative estimate of drug-likeness (QED) is 0.652. The number of hydrogen-bond donors (Lipinski definition) is 0. The lowest BCUT2D eigenvalue weighted by Gasteiger charge is -2.23. The van der Waals surface area contributed by atoms with E-state index in [9.17, 15) is 4.79 Å². The first-order valence-corrected chi connectivity index (χ1v) is 7.94. The van der Waals surface area contributed by atoms with Gasteiger partial charge in [-0.15, -0.1) is 0 Å². The van der Waals surface area contributed by atoms with Crippen LogP contribution in [0.2, 0.25) is 0 Å². The minimum atomic E-state index is -0.453. The van der Waals surface area contributed by atoms with Crippen molar-refractivity contribution in [1.82, 2.24) is 4.90 Å². The second-order valence-electron chi connectivity index (χ2n) is 5.97. The van der Waals surface area contributed by atoms with Gasteiger partial charge in [-0.2, -0.15) is 0 Å². The maximum absolute atomic E-state index is 11.5. The van der Waals surface area contributed by atoms with Crippen LogP contribution in [0.25, 0.3) is 10.8 Å². The van der Waals surface area contributed by atoms with Crippen molar-refractivity contribution in [2.45, 2.75) is 19.5 Å². The van der Waals surface area contributed by atoms with Crippen LogP contribution in [0.4, 0.5) is 0 Å². The van der Waals surface area contributed by atoms with Crippen LogP contribution in [0.15, 0.2) is 59.0 Å². The minimum Gasteiger partial charge on any atom is -0.463 e. The number of ether oxygens (including phenoxy) is 1. The van der Waals surface area contributed by atoms with Gasteiger partial charge in [0.2, 0.25) is 5.76 Å². The molecule has 4 nitrogen and oxygen atoms in total. The van der Waals surface area contributed by atoms with Crippen LogP contribution in [0.3, 0.4) is 0 Å². The van der Waals surface area contributed by atoms with Gasteiger partial charge in [-0.05, 0) is 48.5 Å². The summed E-state index contributed by atoms with van der Waals surface area (Å²) in [5.41, 5.74) is 1.24. The van der Waals surface area contributed by atoms with E-state index < -0.39 is 5.97 Å². The molecule has 3 rings (SSSR count). The van der Waals surface area contributed by atoms with Crippen LogP contribution >= 0.6 is 0 Å². The van der Waals surface area contributed by atoms with E-state index in [0.29, 0.717) is 0 Å². The molecule has 4 heteroatoms. The lowest BCUT2D eigenvalue weighted by atomic mass is 10.1. The maximum Gasteiger partial charge on any atom is 0.373 e. The van der Waals surface area contributed by atoms with E-state index in [1.165, 1.54) is 23.4 Å². The zero-order chi connectivity index (χ0) is 17.1. The summed E-state index contributed by atoms with van der Waals surface area (Å²) in [5, 5.41) is 2.48. The van der Waals surface area contributed by atoms with Gasteiger partial charge in [0, 0.05) is 6.54 Å². The summed E-state index contributed by atoms with van der Waals surface area (Å²) >= 11 is 0. The molecule has 0 saturated heterocycles. The van der Waals surface area contributed by atoms with Crippen LogP contribution in [0.5, 0.6) is 0 Å². The molecule has 0 aliphatic heterocycles. The first-order valence-electron chi connectivity index (χ1n) is 7.94. The Bertz CT molecular complexity index is 853. The lowest BCUT2D eigenvalue weighted by Crippen LogP contribution is -2.21. The molecule has 1 atom stereocenters. The Hall–Kier alpha value is -2.59. The Labute approximate surface area is 141 Å². The van der Waals surface area contributed by atoms with E-state index in [-0.39, 0.29) is 11.8 Å². The highest BCUT2D eigenvalue weighted by Gasteiger charge is 2.18. The number of furan rings is 1. The largest absolute Gasteiger partial charge is 0.463 e. The molecule has 1 aromatic heterocycles. The first kappa shape index (κ1) is 16.3. The van der Waals surface area contributed by atoms with E-state index in [1.54, 1.807) is 6.07 Å². The predicted molar refractivity (Wildman–Crippen MR) is 93.9 cm³/mol. The molecule has 0 aliphatic rings. The lowest BCUT2D eigenvalue weighted by molar-refractivity contribution is 0.0559. The second-order valence-corrected chi connectivity index (χ2v) is 5.97. The average molecular weight is 323 g/mol. The zero-order valence-electron chi connectivity index (χ0n) is 14.2. The van der Waals surface area contributed by atoms with Gasteiger partial charge in [0.05, 0.1) is 13.2 Å². The van der Waals surface area contributed by atoms with Crippen LogP contribution in [-0.4, -0.2) is 25.0 Å². The monoisotopic (exact) mass is 323 g/mol. The highest BCUT2D eigenvalue weighted by molar-refractivity contribution is 5.86. The van der Waals surface area contributed by atoms with Crippen molar-refractivity contribution in [3.63, 3.8) is 0 Å². The number of nitrogens with zero attached hydrogens (tertiary/aromatic N) is 1. The number of hydrogen-bond acceptors (Lipinski definition) is 4. The molecule has 0 radical (unpaired) electrons. The first-order chi connectivity index (χ1) is 11.6. The number of methoxy groups -OCH3 is 1. The third-order valence-electron chi connectivity index (χ3n) is 4.33. The third-order valence-corrected chi connectivity index (χ3v) is 4.33. The summed E-state index contributed by atoms with van der Waals surface area (Å²) in [4.78, 5) is 13.7. The Balaban J connectivity index is 1.74. The van der Waals surface area contributed by atoms with Gasteiger partial charge in [-0.3, -0.25) is 4.90 Å². The fourth-order valence-corrected chi connectivity index (χ4v) is 2.77. The van der Waals surface area contributed by atoms with Gasteiger partial charge in [0.1, 0.15) is 5.76 Å². The van der Waals surface area contributed by atoms with Crippen molar-refractivity contribution in [2.24, 2.45) is 0 Å². The maximum atomic E-state index is 11.5. The van der Waals surface area contributed by atoms with E-state index in [4.69, 9.17) is 4.42 Å². The van der Waals surface area contributed by atoms with Gasteiger partial charge in [-0.25, -0.2) is 4.79 Å². The van der Waals surface area contributed by atoms with Crippen molar-refractivity contribution in [2.75, 3.05) is 14.2 Å². The molecule has 3 aromatic rings. The summed E-state index contributed by atoms with van der Waals surface area (Å²) in [6, 6.07) is 18.4. The van der Waals surface area contributed by atoms with Gasteiger partial charge >= 0.3 is 5.97 Å². The van der Waals surface area contributed by atoms with E-state index in [1.807, 2.05) is 19.2 Å². The normalized spacial score (nSPS) is 12.5. The molecule has 0 spiro atoms. The van der Waals surface area contributed by atoms with Crippen molar-refractivity contribution < 1.29 is 13.9 Å². The van der Waals surface area contributed by atoms with Crippen LogP contribution in [0.1, 0.15) is 34.8 Å². The van der Waals surface area contributed by atoms with Crippen molar-refractivity contribution >= 4 is 16.7 Å². The number of benzene rings is 2. The average Bonchev–Trinajstić information content (AvgIpc) is 3.10. The Morgan fingerprint density at radius 1 is 1.12 bits per heavy atom. The zero-order valence-corrected chi connectivity index (χ0v) is 14.2. The molecule has 0 N–H and O–H groups in total. The summed E-state index contributed by atoms with van der Waals surface area (Å²) in [5.74, 6) is 0.530. The summed E-state index contributed by atoms with van der Waals surface area (Å²) in [7, 11) is 3.39. The Morgan fingerprint density at radius 3 is 2.62 bits per heavy atom. The topological polar surface area (TPSA) is 42.7 Å². The van der Waals surface area contributed by atoms with Gasteiger partial charge < -0.3 is 9.15 Å². The van der Waals surface area contributed by atoms with Gasteiger partial charge in [0.15, 0.2) is 0 Å². The second kappa shape index (κ2) is 6.89. The molecule has 2 aromatic carbocycles. The predicted octanol–water partition coefficient (Wildman–Crippen LogP) is 4.41. The number of esters is 1. The number of carbonyl (C=O) groups excluding carboxylic acids is 1. The number of rotatable bonds is 5. The molecule has 0 saturated carbocycles. The van der Waals surface area contributed by atoms with E-state index in [2.05, 4.69) is 53.0 Å². The van der Waals surface area contributed by atoms with Crippen LogP contribution in [0, 0.1) is 0 Å². The molecule has 0 fully saturated rings. The molecular weight excluding hydrogens is 302 g/mol. The third kappa shape index (κ3) is 3.34. The highest BCUT2D eigenvalue weighted by Crippen LogP contribution is 2.24. The molecular formula is C20H21NO3.